The molecule has 0 aliphatic heterocycles. The van der Waals surface area contributed by atoms with Gasteiger partial charge in [0.15, 0.2) is 0 Å². The number of carboxylic acids is 1. The molecule has 0 bridgehead atoms. The summed E-state index contributed by atoms with van der Waals surface area (Å²) in [4.78, 5) is 14.9. The van der Waals surface area contributed by atoms with Crippen molar-refractivity contribution in [1.82, 2.24) is 4.98 Å². The molecule has 5 heteroatoms. The number of anilines is 1. The highest BCUT2D eigenvalue weighted by molar-refractivity contribution is 5.70. The number of carboxylic acid groups (broad SMARTS) is 1. The average Bonchev–Trinajstić information content (AvgIpc) is 2.46. The van der Waals surface area contributed by atoms with Crippen LogP contribution in [0.1, 0.15) is 25.7 Å². The molecule has 104 valence electrons. The van der Waals surface area contributed by atoms with E-state index in [9.17, 15) is 4.79 Å². The summed E-state index contributed by atoms with van der Waals surface area (Å²) in [5.41, 5.74) is 0.993. The molecule has 2 rings (SSSR count). The lowest BCUT2D eigenvalue weighted by Gasteiger charge is -2.26. The molecule has 5 nitrogen and oxygen atoms in total. The minimum Gasteiger partial charge on any atom is -0.481 e. The summed E-state index contributed by atoms with van der Waals surface area (Å²) in [7, 11) is 1.60. The van der Waals surface area contributed by atoms with Crippen molar-refractivity contribution in [3.63, 3.8) is 0 Å². The van der Waals surface area contributed by atoms with E-state index < -0.39 is 5.97 Å². The molecular weight excluding hydrogens is 244 g/mol. The Hall–Kier alpha value is -1.78. The Morgan fingerprint density at radius 3 is 2.84 bits per heavy atom. The first kappa shape index (κ1) is 13.6. The van der Waals surface area contributed by atoms with Gasteiger partial charge in [-0.2, -0.15) is 0 Å². The number of nitrogens with zero attached hydrogens (tertiary/aromatic N) is 1. The highest BCUT2D eigenvalue weighted by atomic mass is 16.5. The zero-order chi connectivity index (χ0) is 13.7. The molecule has 1 aromatic heterocycles. The predicted octanol–water partition coefficient (Wildman–Crippen LogP) is 2.39. The van der Waals surface area contributed by atoms with Gasteiger partial charge >= 0.3 is 5.97 Å². The minimum atomic E-state index is -0.648. The smallest absolute Gasteiger partial charge is 0.306 e. The van der Waals surface area contributed by atoms with Gasteiger partial charge < -0.3 is 15.2 Å². The van der Waals surface area contributed by atoms with Gasteiger partial charge in [-0.15, -0.1) is 0 Å². The van der Waals surface area contributed by atoms with Crippen molar-refractivity contribution in [3.05, 3.63) is 18.3 Å². The maximum Gasteiger partial charge on any atom is 0.306 e. The molecule has 1 fully saturated rings. The fourth-order valence-electron chi connectivity index (χ4n) is 2.51. The first-order valence-electron chi connectivity index (χ1n) is 6.65. The molecule has 0 unspecified atom stereocenters. The second-order valence-corrected chi connectivity index (χ2v) is 5.02. The third-order valence-electron chi connectivity index (χ3n) is 3.73. The van der Waals surface area contributed by atoms with Crippen LogP contribution in [0.4, 0.5) is 5.69 Å². The average molecular weight is 264 g/mol. The van der Waals surface area contributed by atoms with Crippen molar-refractivity contribution in [2.24, 2.45) is 11.8 Å². The molecule has 19 heavy (non-hydrogen) atoms. The Morgan fingerprint density at radius 1 is 1.47 bits per heavy atom. The molecule has 0 atom stereocenters. The summed E-state index contributed by atoms with van der Waals surface area (Å²) in [6.07, 6.45) is 5.25. The van der Waals surface area contributed by atoms with Crippen LogP contribution in [0.15, 0.2) is 18.3 Å². The van der Waals surface area contributed by atoms with Gasteiger partial charge in [-0.05, 0) is 37.7 Å². The van der Waals surface area contributed by atoms with Gasteiger partial charge in [0.05, 0.1) is 13.0 Å². The molecule has 0 amide bonds. The van der Waals surface area contributed by atoms with Crippen LogP contribution in [0.5, 0.6) is 5.88 Å². The molecule has 1 heterocycles. The van der Waals surface area contributed by atoms with E-state index in [2.05, 4.69) is 10.3 Å². The van der Waals surface area contributed by atoms with Crippen LogP contribution in [0.25, 0.3) is 0 Å². The summed E-state index contributed by atoms with van der Waals surface area (Å²) in [6.45, 7) is 0.875. The van der Waals surface area contributed by atoms with E-state index in [1.165, 1.54) is 0 Å². The molecule has 1 aliphatic rings. The van der Waals surface area contributed by atoms with Crippen LogP contribution < -0.4 is 10.1 Å². The van der Waals surface area contributed by atoms with Gasteiger partial charge in [0.25, 0.3) is 0 Å². The normalized spacial score (nSPS) is 22.8. The molecule has 2 N–H and O–H groups in total. The van der Waals surface area contributed by atoms with Crippen LogP contribution in [0, 0.1) is 11.8 Å². The minimum absolute atomic E-state index is 0.141. The number of rotatable bonds is 5. The van der Waals surface area contributed by atoms with Gasteiger partial charge in [0, 0.05) is 24.5 Å². The molecule has 0 spiro atoms. The van der Waals surface area contributed by atoms with Crippen LogP contribution in [0.2, 0.25) is 0 Å². The Balaban J connectivity index is 1.78. The number of hydrogen-bond acceptors (Lipinski definition) is 4. The maximum atomic E-state index is 10.9. The first-order valence-corrected chi connectivity index (χ1v) is 6.65. The Labute approximate surface area is 113 Å². The molecule has 0 radical (unpaired) electrons. The van der Waals surface area contributed by atoms with Crippen LogP contribution in [0.3, 0.4) is 0 Å². The van der Waals surface area contributed by atoms with E-state index in [4.69, 9.17) is 9.84 Å². The number of hydrogen-bond donors (Lipinski definition) is 2. The third-order valence-corrected chi connectivity index (χ3v) is 3.73. The molecule has 0 aromatic carbocycles. The number of carbonyl (C=O) groups is 1. The van der Waals surface area contributed by atoms with Crippen molar-refractivity contribution in [1.29, 1.82) is 0 Å². The lowest BCUT2D eigenvalue weighted by Crippen LogP contribution is -2.25. The Kier molecular flexibility index (Phi) is 4.60. The summed E-state index contributed by atoms with van der Waals surface area (Å²) in [5, 5.41) is 12.3. The fraction of sp³-hybridized carbons (Fsp3) is 0.571. The number of ether oxygens (including phenoxy) is 1. The van der Waals surface area contributed by atoms with E-state index in [1.807, 2.05) is 12.1 Å². The summed E-state index contributed by atoms with van der Waals surface area (Å²) in [5.74, 6) is 0.358. The number of nitrogens with one attached hydrogen (secondary N) is 1. The first-order chi connectivity index (χ1) is 9.19. The van der Waals surface area contributed by atoms with Gasteiger partial charge in [-0.25, -0.2) is 4.98 Å². The largest absolute Gasteiger partial charge is 0.481 e. The summed E-state index contributed by atoms with van der Waals surface area (Å²) >= 11 is 0. The van der Waals surface area contributed by atoms with Crippen molar-refractivity contribution in [2.75, 3.05) is 19.0 Å². The lowest BCUT2D eigenvalue weighted by atomic mass is 9.82. The summed E-state index contributed by atoms with van der Waals surface area (Å²) in [6, 6.07) is 3.77. The van der Waals surface area contributed by atoms with Crippen LogP contribution >= 0.6 is 0 Å². The van der Waals surface area contributed by atoms with Crippen molar-refractivity contribution in [3.8, 4) is 5.88 Å². The standard InChI is InChI=1S/C14H20N2O3/c1-19-13-8-12(6-7-15-13)16-9-10-2-4-11(5-3-10)14(17)18/h6-8,10-11H,2-5,9H2,1H3,(H,15,16)(H,17,18). The highest BCUT2D eigenvalue weighted by Gasteiger charge is 2.25. The van der Waals surface area contributed by atoms with Crippen molar-refractivity contribution in [2.45, 2.75) is 25.7 Å². The second kappa shape index (κ2) is 6.41. The number of pyridine rings is 1. The lowest BCUT2D eigenvalue weighted by molar-refractivity contribution is -0.143. The van der Waals surface area contributed by atoms with Crippen molar-refractivity contribution < 1.29 is 14.6 Å². The van der Waals surface area contributed by atoms with E-state index in [1.54, 1.807) is 13.3 Å². The van der Waals surface area contributed by atoms with Gasteiger partial charge in [-0.1, -0.05) is 0 Å². The SMILES string of the molecule is COc1cc(NCC2CCC(C(=O)O)CC2)ccn1. The molecule has 1 aromatic rings. The quantitative estimate of drug-likeness (QED) is 0.854. The van der Waals surface area contributed by atoms with E-state index in [-0.39, 0.29) is 5.92 Å². The van der Waals surface area contributed by atoms with Gasteiger partial charge in [-0.3, -0.25) is 4.79 Å². The van der Waals surface area contributed by atoms with E-state index in [0.29, 0.717) is 11.8 Å². The zero-order valence-corrected chi connectivity index (χ0v) is 11.1. The van der Waals surface area contributed by atoms with Gasteiger partial charge in [0.1, 0.15) is 0 Å². The molecular formula is C14H20N2O3. The second-order valence-electron chi connectivity index (χ2n) is 5.02. The molecule has 1 aliphatic carbocycles. The summed E-state index contributed by atoms with van der Waals surface area (Å²) < 4.78 is 5.07. The van der Waals surface area contributed by atoms with Crippen molar-refractivity contribution >= 4 is 11.7 Å². The fourth-order valence-corrected chi connectivity index (χ4v) is 2.51. The van der Waals surface area contributed by atoms with E-state index >= 15 is 0 Å². The van der Waals surface area contributed by atoms with Crippen LogP contribution in [-0.4, -0.2) is 29.7 Å². The van der Waals surface area contributed by atoms with Gasteiger partial charge in [0.2, 0.25) is 5.88 Å². The number of aliphatic carboxylic acids is 1. The third kappa shape index (κ3) is 3.84. The van der Waals surface area contributed by atoms with Crippen LogP contribution in [-0.2, 0) is 4.79 Å². The number of aromatic nitrogens is 1. The molecule has 1 saturated carbocycles. The predicted molar refractivity (Wildman–Crippen MR) is 72.4 cm³/mol. The maximum absolute atomic E-state index is 10.9. The topological polar surface area (TPSA) is 71.5 Å². The number of methoxy groups -OCH3 is 1. The zero-order valence-electron chi connectivity index (χ0n) is 11.1. The molecule has 0 saturated heterocycles. The Morgan fingerprint density at radius 2 is 2.21 bits per heavy atom. The Bertz CT molecular complexity index is 428. The monoisotopic (exact) mass is 264 g/mol. The highest BCUT2D eigenvalue weighted by Crippen LogP contribution is 2.29. The van der Waals surface area contributed by atoms with E-state index in [0.717, 1.165) is 37.9 Å².